The highest BCUT2D eigenvalue weighted by Crippen LogP contribution is 2.30. The van der Waals surface area contributed by atoms with Gasteiger partial charge in [0, 0.05) is 11.6 Å². The van der Waals surface area contributed by atoms with Crippen molar-refractivity contribution in [2.75, 3.05) is 5.32 Å². The summed E-state index contributed by atoms with van der Waals surface area (Å²) in [6.07, 6.45) is 1.93. The molecule has 0 saturated heterocycles. The molecule has 1 aliphatic rings. The third-order valence-corrected chi connectivity index (χ3v) is 4.67. The lowest BCUT2D eigenvalue weighted by Crippen LogP contribution is -2.38. The molecule has 6 heteroatoms. The number of anilines is 1. The number of hydrogen-bond donors (Lipinski definition) is 3. The second-order valence-electron chi connectivity index (χ2n) is 7.00. The van der Waals surface area contributed by atoms with Gasteiger partial charge in [-0.1, -0.05) is 24.3 Å². The second-order valence-corrected chi connectivity index (χ2v) is 7.00. The first kappa shape index (κ1) is 18.9. The quantitative estimate of drug-likeness (QED) is 0.711. The highest BCUT2D eigenvalue weighted by molar-refractivity contribution is 5.94. The van der Waals surface area contributed by atoms with E-state index in [2.05, 4.69) is 16.0 Å². The van der Waals surface area contributed by atoms with Crippen molar-refractivity contribution in [3.05, 3.63) is 65.5 Å². The largest absolute Gasteiger partial charge is 0.332 e. The standard InChI is InChI=1S/C21H24FN3O2/c1-13(15-8-10-19(11-9-15)25-20(26)16-6-7-16)23-21(27)24-14(2)17-4-3-5-18(22)12-17/h3-5,8-14,16H,6-7H2,1-2H3,(H,25,26)(H2,23,24,27)/t13-,14-/m1/s1. The van der Waals surface area contributed by atoms with Crippen molar-refractivity contribution in [3.63, 3.8) is 0 Å². The summed E-state index contributed by atoms with van der Waals surface area (Å²) in [7, 11) is 0. The Morgan fingerprint density at radius 3 is 2.19 bits per heavy atom. The lowest BCUT2D eigenvalue weighted by Gasteiger charge is -2.19. The summed E-state index contributed by atoms with van der Waals surface area (Å²) in [6.45, 7) is 3.68. The van der Waals surface area contributed by atoms with Crippen LogP contribution < -0.4 is 16.0 Å². The maximum atomic E-state index is 13.3. The third-order valence-electron chi connectivity index (χ3n) is 4.67. The Morgan fingerprint density at radius 1 is 0.963 bits per heavy atom. The molecule has 3 amide bonds. The summed E-state index contributed by atoms with van der Waals surface area (Å²) in [5, 5.41) is 8.57. The molecule has 2 aromatic carbocycles. The van der Waals surface area contributed by atoms with Gasteiger partial charge >= 0.3 is 6.03 Å². The molecule has 0 aromatic heterocycles. The Morgan fingerprint density at radius 2 is 1.59 bits per heavy atom. The van der Waals surface area contributed by atoms with Crippen LogP contribution in [0.1, 0.15) is 49.9 Å². The number of benzene rings is 2. The van der Waals surface area contributed by atoms with Crippen molar-refractivity contribution in [1.29, 1.82) is 0 Å². The fourth-order valence-electron chi connectivity index (χ4n) is 2.82. The van der Waals surface area contributed by atoms with E-state index < -0.39 is 0 Å². The van der Waals surface area contributed by atoms with Crippen molar-refractivity contribution in [2.24, 2.45) is 5.92 Å². The molecular formula is C21H24FN3O2. The molecule has 1 aliphatic carbocycles. The number of rotatable bonds is 6. The zero-order valence-corrected chi connectivity index (χ0v) is 15.5. The van der Waals surface area contributed by atoms with E-state index >= 15 is 0 Å². The summed E-state index contributed by atoms with van der Waals surface area (Å²) in [5.74, 6) is -0.0996. The fraction of sp³-hybridized carbons (Fsp3) is 0.333. The van der Waals surface area contributed by atoms with E-state index in [0.717, 1.165) is 24.1 Å². The second kappa shape index (κ2) is 8.20. The Labute approximate surface area is 158 Å². The van der Waals surface area contributed by atoms with E-state index in [1.807, 2.05) is 31.2 Å². The summed E-state index contributed by atoms with van der Waals surface area (Å²) in [5.41, 5.74) is 2.38. The van der Waals surface area contributed by atoms with E-state index in [-0.39, 0.29) is 35.8 Å². The number of urea groups is 1. The van der Waals surface area contributed by atoms with Crippen LogP contribution in [0.5, 0.6) is 0 Å². The Bertz CT molecular complexity index is 818. The number of hydrogen-bond acceptors (Lipinski definition) is 2. The van der Waals surface area contributed by atoms with Gasteiger partial charge in [0.15, 0.2) is 0 Å². The van der Waals surface area contributed by atoms with Gasteiger partial charge in [0.1, 0.15) is 5.82 Å². The number of amides is 3. The zero-order chi connectivity index (χ0) is 19.4. The molecule has 0 unspecified atom stereocenters. The van der Waals surface area contributed by atoms with Crippen molar-refractivity contribution >= 4 is 17.6 Å². The Hall–Kier alpha value is -2.89. The first-order valence-electron chi connectivity index (χ1n) is 9.15. The molecule has 3 rings (SSSR count). The van der Waals surface area contributed by atoms with Crippen LogP contribution in [0.15, 0.2) is 48.5 Å². The van der Waals surface area contributed by atoms with Crippen molar-refractivity contribution < 1.29 is 14.0 Å². The number of carbonyl (C=O) groups excluding carboxylic acids is 2. The van der Waals surface area contributed by atoms with Gasteiger partial charge in [-0.15, -0.1) is 0 Å². The lowest BCUT2D eigenvalue weighted by atomic mass is 10.1. The number of nitrogens with one attached hydrogen (secondary N) is 3. The predicted molar refractivity (Wildman–Crippen MR) is 103 cm³/mol. The first-order valence-corrected chi connectivity index (χ1v) is 9.15. The molecule has 142 valence electrons. The van der Waals surface area contributed by atoms with Crippen LogP contribution in [0.3, 0.4) is 0 Å². The maximum Gasteiger partial charge on any atom is 0.315 e. The van der Waals surface area contributed by atoms with Crippen molar-refractivity contribution in [3.8, 4) is 0 Å². The molecule has 27 heavy (non-hydrogen) atoms. The normalized spacial score (nSPS) is 15.5. The van der Waals surface area contributed by atoms with Gasteiger partial charge in [0.25, 0.3) is 0 Å². The van der Waals surface area contributed by atoms with Gasteiger partial charge in [0.2, 0.25) is 5.91 Å². The van der Waals surface area contributed by atoms with Gasteiger partial charge in [-0.25, -0.2) is 9.18 Å². The van der Waals surface area contributed by atoms with E-state index in [4.69, 9.17) is 0 Å². The minimum absolute atomic E-state index is 0.0691. The van der Waals surface area contributed by atoms with Gasteiger partial charge in [-0.05, 0) is 62.1 Å². The average Bonchev–Trinajstić information content (AvgIpc) is 3.47. The van der Waals surface area contributed by atoms with Crippen LogP contribution in [-0.2, 0) is 4.79 Å². The van der Waals surface area contributed by atoms with E-state index in [1.165, 1.54) is 12.1 Å². The average molecular weight is 369 g/mol. The molecule has 0 aliphatic heterocycles. The summed E-state index contributed by atoms with van der Waals surface area (Å²) in [6, 6.07) is 12.7. The topological polar surface area (TPSA) is 70.2 Å². The molecule has 0 radical (unpaired) electrons. The molecule has 0 bridgehead atoms. The van der Waals surface area contributed by atoms with Crippen LogP contribution in [0.2, 0.25) is 0 Å². The summed E-state index contributed by atoms with van der Waals surface area (Å²) in [4.78, 5) is 24.0. The fourth-order valence-corrected chi connectivity index (χ4v) is 2.82. The van der Waals surface area contributed by atoms with E-state index in [1.54, 1.807) is 19.1 Å². The van der Waals surface area contributed by atoms with Crippen LogP contribution in [-0.4, -0.2) is 11.9 Å². The van der Waals surface area contributed by atoms with Crippen LogP contribution >= 0.6 is 0 Å². The van der Waals surface area contributed by atoms with E-state index in [0.29, 0.717) is 5.56 Å². The minimum atomic E-state index is -0.330. The first-order chi connectivity index (χ1) is 12.9. The molecule has 0 heterocycles. The Balaban J connectivity index is 1.52. The summed E-state index contributed by atoms with van der Waals surface area (Å²) >= 11 is 0. The van der Waals surface area contributed by atoms with Crippen LogP contribution in [0, 0.1) is 11.7 Å². The van der Waals surface area contributed by atoms with Gasteiger partial charge in [0.05, 0.1) is 12.1 Å². The number of carbonyl (C=O) groups is 2. The molecule has 5 nitrogen and oxygen atoms in total. The monoisotopic (exact) mass is 369 g/mol. The number of halogens is 1. The van der Waals surface area contributed by atoms with Crippen molar-refractivity contribution in [2.45, 2.75) is 38.8 Å². The SMILES string of the molecule is C[C@@H](NC(=O)N[C@H](C)c1cccc(F)c1)c1ccc(NC(=O)C2CC2)cc1. The van der Waals surface area contributed by atoms with Gasteiger partial charge in [-0.2, -0.15) is 0 Å². The summed E-state index contributed by atoms with van der Waals surface area (Å²) < 4.78 is 13.3. The molecule has 0 spiro atoms. The molecule has 1 fully saturated rings. The zero-order valence-electron chi connectivity index (χ0n) is 15.5. The lowest BCUT2D eigenvalue weighted by molar-refractivity contribution is -0.117. The van der Waals surface area contributed by atoms with Crippen LogP contribution in [0.25, 0.3) is 0 Å². The molecule has 1 saturated carbocycles. The molecular weight excluding hydrogens is 345 g/mol. The predicted octanol–water partition coefficient (Wildman–Crippen LogP) is 4.30. The third kappa shape index (κ3) is 5.29. The molecule has 3 N–H and O–H groups in total. The van der Waals surface area contributed by atoms with E-state index in [9.17, 15) is 14.0 Å². The maximum absolute atomic E-state index is 13.3. The smallest absolute Gasteiger partial charge is 0.315 e. The molecule has 2 aromatic rings. The highest BCUT2D eigenvalue weighted by Gasteiger charge is 2.29. The van der Waals surface area contributed by atoms with Gasteiger partial charge in [-0.3, -0.25) is 4.79 Å². The minimum Gasteiger partial charge on any atom is -0.332 e. The Kier molecular flexibility index (Phi) is 5.74. The molecule has 2 atom stereocenters. The van der Waals surface area contributed by atoms with Crippen molar-refractivity contribution in [1.82, 2.24) is 10.6 Å². The van der Waals surface area contributed by atoms with Crippen LogP contribution in [0.4, 0.5) is 14.9 Å². The van der Waals surface area contributed by atoms with Gasteiger partial charge < -0.3 is 16.0 Å². The highest BCUT2D eigenvalue weighted by atomic mass is 19.1.